The second-order valence-corrected chi connectivity index (χ2v) is 5.03. The smallest absolute Gasteiger partial charge is 0.338 e. The molecule has 0 heterocycles. The van der Waals surface area contributed by atoms with Gasteiger partial charge in [-0.15, -0.1) is 0 Å². The zero-order valence-corrected chi connectivity index (χ0v) is 14.0. The maximum atomic E-state index is 12.1. The molecule has 25 heavy (non-hydrogen) atoms. The van der Waals surface area contributed by atoms with Crippen molar-refractivity contribution in [3.8, 4) is 17.2 Å². The first kappa shape index (κ1) is 18.1. The Morgan fingerprint density at radius 1 is 0.960 bits per heavy atom. The van der Waals surface area contributed by atoms with E-state index in [1.165, 1.54) is 7.11 Å². The predicted molar refractivity (Wildman–Crippen MR) is 89.8 cm³/mol. The van der Waals surface area contributed by atoms with Gasteiger partial charge in [0.1, 0.15) is 23.9 Å². The molecule has 0 unspecified atom stereocenters. The van der Waals surface area contributed by atoms with Gasteiger partial charge in [0, 0.05) is 5.56 Å². The number of methoxy groups -OCH3 is 2. The summed E-state index contributed by atoms with van der Waals surface area (Å²) in [6, 6.07) is 11.5. The molecule has 0 spiro atoms. The molecule has 0 saturated heterocycles. The molecule has 7 nitrogen and oxygen atoms in total. The Morgan fingerprint density at radius 3 is 2.24 bits per heavy atom. The van der Waals surface area contributed by atoms with Gasteiger partial charge in [-0.3, -0.25) is 4.79 Å². The van der Waals surface area contributed by atoms with Gasteiger partial charge in [0.15, 0.2) is 6.61 Å². The number of ether oxygens (including phenoxy) is 4. The van der Waals surface area contributed by atoms with E-state index in [0.29, 0.717) is 28.4 Å². The molecule has 2 aromatic rings. The Labute approximate surface area is 145 Å². The van der Waals surface area contributed by atoms with Gasteiger partial charge in [-0.05, 0) is 42.5 Å². The summed E-state index contributed by atoms with van der Waals surface area (Å²) < 4.78 is 20.8. The lowest BCUT2D eigenvalue weighted by Crippen LogP contribution is -2.20. The van der Waals surface area contributed by atoms with E-state index in [-0.39, 0.29) is 13.2 Å². The van der Waals surface area contributed by atoms with Crippen molar-refractivity contribution in [2.45, 2.75) is 6.61 Å². The van der Waals surface area contributed by atoms with E-state index in [1.807, 2.05) is 0 Å². The van der Waals surface area contributed by atoms with Crippen LogP contribution in [0.1, 0.15) is 15.9 Å². The molecule has 0 radical (unpaired) electrons. The summed E-state index contributed by atoms with van der Waals surface area (Å²) in [7, 11) is 3.09. The SMILES string of the molecule is COc1ccc(OC)c(COC(=O)c2ccc(OCC(N)=O)cc2)c1. The van der Waals surface area contributed by atoms with Gasteiger partial charge in [-0.25, -0.2) is 4.79 Å². The number of primary amides is 1. The second-order valence-electron chi connectivity index (χ2n) is 5.03. The highest BCUT2D eigenvalue weighted by Gasteiger charge is 2.11. The zero-order chi connectivity index (χ0) is 18.2. The first-order valence-corrected chi connectivity index (χ1v) is 7.42. The molecule has 0 aliphatic carbocycles. The van der Waals surface area contributed by atoms with E-state index in [9.17, 15) is 9.59 Å². The summed E-state index contributed by atoms with van der Waals surface area (Å²) in [5, 5.41) is 0. The number of nitrogens with two attached hydrogens (primary N) is 1. The average Bonchev–Trinajstić information content (AvgIpc) is 2.64. The highest BCUT2D eigenvalue weighted by molar-refractivity contribution is 5.89. The van der Waals surface area contributed by atoms with Crippen molar-refractivity contribution in [2.75, 3.05) is 20.8 Å². The Bertz CT molecular complexity index is 742. The Kier molecular flexibility index (Phi) is 6.22. The average molecular weight is 345 g/mol. The van der Waals surface area contributed by atoms with Crippen molar-refractivity contribution in [2.24, 2.45) is 5.73 Å². The van der Waals surface area contributed by atoms with Crippen molar-refractivity contribution < 1.29 is 28.5 Å². The Hall–Kier alpha value is -3.22. The lowest BCUT2D eigenvalue weighted by Gasteiger charge is -2.11. The molecule has 2 rings (SSSR count). The lowest BCUT2D eigenvalue weighted by molar-refractivity contribution is -0.119. The van der Waals surface area contributed by atoms with Crippen molar-refractivity contribution in [1.82, 2.24) is 0 Å². The lowest BCUT2D eigenvalue weighted by atomic mass is 10.2. The van der Waals surface area contributed by atoms with Crippen LogP contribution >= 0.6 is 0 Å². The standard InChI is InChI=1S/C18H19NO6/c1-22-15-7-8-16(23-2)13(9-15)10-25-18(21)12-3-5-14(6-4-12)24-11-17(19)20/h3-9H,10-11H2,1-2H3,(H2,19,20). The number of carbonyl (C=O) groups is 2. The minimum Gasteiger partial charge on any atom is -0.497 e. The first-order valence-electron chi connectivity index (χ1n) is 7.42. The largest absolute Gasteiger partial charge is 0.497 e. The van der Waals surface area contributed by atoms with E-state index in [2.05, 4.69) is 0 Å². The van der Waals surface area contributed by atoms with Crippen LogP contribution in [0.15, 0.2) is 42.5 Å². The number of esters is 1. The number of amides is 1. The number of carbonyl (C=O) groups excluding carboxylic acids is 2. The Morgan fingerprint density at radius 2 is 1.64 bits per heavy atom. The highest BCUT2D eigenvalue weighted by atomic mass is 16.5. The normalized spacial score (nSPS) is 10.0. The molecule has 0 aliphatic heterocycles. The first-order chi connectivity index (χ1) is 12.0. The molecule has 1 amide bonds. The summed E-state index contributed by atoms with van der Waals surface area (Å²) >= 11 is 0. The molecule has 0 aliphatic rings. The molecule has 132 valence electrons. The second kappa shape index (κ2) is 8.58. The van der Waals surface area contributed by atoms with Gasteiger partial charge < -0.3 is 24.7 Å². The predicted octanol–water partition coefficient (Wildman–Crippen LogP) is 1.92. The van der Waals surface area contributed by atoms with Gasteiger partial charge >= 0.3 is 5.97 Å². The third-order valence-electron chi connectivity index (χ3n) is 3.32. The fourth-order valence-corrected chi connectivity index (χ4v) is 2.06. The number of hydrogen-bond acceptors (Lipinski definition) is 6. The van der Waals surface area contributed by atoms with Crippen LogP contribution in [0.2, 0.25) is 0 Å². The molecule has 7 heteroatoms. The summed E-state index contributed by atoms with van der Waals surface area (Å²) in [6.07, 6.45) is 0. The third-order valence-corrected chi connectivity index (χ3v) is 3.32. The van der Waals surface area contributed by atoms with Crippen LogP contribution in [0.3, 0.4) is 0 Å². The third kappa shape index (κ3) is 5.13. The van der Waals surface area contributed by atoms with E-state index >= 15 is 0 Å². The van der Waals surface area contributed by atoms with Crippen LogP contribution in [0, 0.1) is 0 Å². The van der Waals surface area contributed by atoms with Crippen LogP contribution in [0.4, 0.5) is 0 Å². The quantitative estimate of drug-likeness (QED) is 0.734. The molecule has 0 bridgehead atoms. The van der Waals surface area contributed by atoms with E-state index < -0.39 is 11.9 Å². The number of rotatable bonds is 8. The maximum Gasteiger partial charge on any atom is 0.338 e. The summed E-state index contributed by atoms with van der Waals surface area (Å²) in [5.41, 5.74) is 6.05. The minimum atomic E-state index is -0.573. The summed E-state index contributed by atoms with van der Waals surface area (Å²) in [5.74, 6) is 0.610. The topological polar surface area (TPSA) is 97.1 Å². The zero-order valence-electron chi connectivity index (χ0n) is 14.0. The molecule has 0 saturated carbocycles. The molecular formula is C18H19NO6. The van der Waals surface area contributed by atoms with Crippen LogP contribution in [-0.2, 0) is 16.1 Å². The van der Waals surface area contributed by atoms with Crippen LogP contribution in [0.5, 0.6) is 17.2 Å². The summed E-state index contributed by atoms with van der Waals surface area (Å²) in [6.45, 7) is -0.182. The summed E-state index contributed by atoms with van der Waals surface area (Å²) in [4.78, 5) is 22.8. The van der Waals surface area contributed by atoms with Crippen molar-refractivity contribution >= 4 is 11.9 Å². The van der Waals surface area contributed by atoms with Gasteiger partial charge in [-0.1, -0.05) is 0 Å². The fourth-order valence-electron chi connectivity index (χ4n) is 2.06. The van der Waals surface area contributed by atoms with Crippen LogP contribution < -0.4 is 19.9 Å². The van der Waals surface area contributed by atoms with Crippen molar-refractivity contribution in [3.63, 3.8) is 0 Å². The Balaban J connectivity index is 1.99. The van der Waals surface area contributed by atoms with Gasteiger partial charge in [0.2, 0.25) is 0 Å². The molecule has 2 N–H and O–H groups in total. The van der Waals surface area contributed by atoms with E-state index in [1.54, 1.807) is 49.6 Å². The molecular weight excluding hydrogens is 326 g/mol. The molecule has 0 fully saturated rings. The highest BCUT2D eigenvalue weighted by Crippen LogP contribution is 2.25. The van der Waals surface area contributed by atoms with Crippen molar-refractivity contribution in [3.05, 3.63) is 53.6 Å². The van der Waals surface area contributed by atoms with Crippen LogP contribution in [0.25, 0.3) is 0 Å². The molecule has 0 aromatic heterocycles. The fraction of sp³-hybridized carbons (Fsp3) is 0.222. The monoisotopic (exact) mass is 345 g/mol. The van der Waals surface area contributed by atoms with Gasteiger partial charge in [-0.2, -0.15) is 0 Å². The van der Waals surface area contributed by atoms with E-state index in [0.717, 1.165) is 0 Å². The minimum absolute atomic E-state index is 0.0408. The molecule has 0 atom stereocenters. The van der Waals surface area contributed by atoms with Gasteiger partial charge in [0.05, 0.1) is 19.8 Å². The number of hydrogen-bond donors (Lipinski definition) is 1. The van der Waals surface area contributed by atoms with Crippen LogP contribution in [-0.4, -0.2) is 32.7 Å². The molecule has 2 aromatic carbocycles. The van der Waals surface area contributed by atoms with E-state index in [4.69, 9.17) is 24.7 Å². The van der Waals surface area contributed by atoms with Gasteiger partial charge in [0.25, 0.3) is 5.91 Å². The van der Waals surface area contributed by atoms with Crippen molar-refractivity contribution in [1.29, 1.82) is 0 Å². The maximum absolute atomic E-state index is 12.1. The number of benzene rings is 2.